The number of piperidine rings is 1. The van der Waals surface area contributed by atoms with Crippen LogP contribution in [0.3, 0.4) is 0 Å². The van der Waals surface area contributed by atoms with Gasteiger partial charge in [-0.25, -0.2) is 4.98 Å². The first-order chi connectivity index (χ1) is 13.6. The summed E-state index contributed by atoms with van der Waals surface area (Å²) in [5.41, 5.74) is 2.06. The maximum Gasteiger partial charge on any atom is 0.250 e. The average Bonchev–Trinajstić information content (AvgIpc) is 3.20. The van der Waals surface area contributed by atoms with Crippen LogP contribution in [0.1, 0.15) is 18.4 Å². The first-order valence-electron chi connectivity index (χ1n) is 9.13. The zero-order valence-corrected chi connectivity index (χ0v) is 16.2. The van der Waals surface area contributed by atoms with E-state index in [0.29, 0.717) is 23.3 Å². The number of carbonyl (C=O) groups excluding carboxylic acids is 1. The van der Waals surface area contributed by atoms with Gasteiger partial charge in [-0.15, -0.1) is 0 Å². The van der Waals surface area contributed by atoms with Crippen LogP contribution in [-0.4, -0.2) is 44.2 Å². The van der Waals surface area contributed by atoms with Gasteiger partial charge in [0.2, 0.25) is 11.9 Å². The van der Waals surface area contributed by atoms with Gasteiger partial charge in [-0.1, -0.05) is 34.4 Å². The van der Waals surface area contributed by atoms with Crippen molar-refractivity contribution in [1.82, 2.24) is 25.2 Å². The molecule has 1 aromatic carbocycles. The van der Waals surface area contributed by atoms with E-state index in [2.05, 4.69) is 30.7 Å². The molecule has 9 heteroatoms. The average molecular weight is 398 g/mol. The molecular weight excluding hydrogens is 378 g/mol. The van der Waals surface area contributed by atoms with Crippen molar-refractivity contribution in [3.05, 3.63) is 53.2 Å². The lowest BCUT2D eigenvalue weighted by Crippen LogP contribution is -2.42. The van der Waals surface area contributed by atoms with Gasteiger partial charge in [0.25, 0.3) is 0 Å². The summed E-state index contributed by atoms with van der Waals surface area (Å²) in [6.07, 6.45) is 3.20. The van der Waals surface area contributed by atoms with Crippen LogP contribution in [0, 0.1) is 12.8 Å². The van der Waals surface area contributed by atoms with Gasteiger partial charge in [0.05, 0.1) is 16.6 Å². The lowest BCUT2D eigenvalue weighted by molar-refractivity contribution is -0.120. The standard InChI is InChI=1S/C19H20ClN7O/c1-13-4-7-16(8-5-13)27-19(23-24-25-27)26-10-2-3-14(12-26)18(28)22-17-9-6-15(20)11-21-17/h4-9,11,14H,2-3,10,12H2,1H3,(H,21,22,28). The molecule has 0 aliphatic carbocycles. The van der Waals surface area contributed by atoms with E-state index in [1.807, 2.05) is 31.2 Å². The van der Waals surface area contributed by atoms with Crippen molar-refractivity contribution in [3.63, 3.8) is 0 Å². The van der Waals surface area contributed by atoms with E-state index >= 15 is 0 Å². The van der Waals surface area contributed by atoms with Crippen LogP contribution >= 0.6 is 11.6 Å². The number of pyridine rings is 1. The van der Waals surface area contributed by atoms with E-state index in [0.717, 1.165) is 25.1 Å². The van der Waals surface area contributed by atoms with Gasteiger partial charge in [-0.3, -0.25) is 4.79 Å². The predicted molar refractivity (Wildman–Crippen MR) is 107 cm³/mol. The molecule has 1 atom stereocenters. The third kappa shape index (κ3) is 3.96. The molecule has 1 aliphatic heterocycles. The highest BCUT2D eigenvalue weighted by Crippen LogP contribution is 2.24. The Morgan fingerprint density at radius 2 is 2.04 bits per heavy atom. The molecule has 144 valence electrons. The van der Waals surface area contributed by atoms with Gasteiger partial charge in [0.15, 0.2) is 0 Å². The van der Waals surface area contributed by atoms with E-state index in [1.54, 1.807) is 16.8 Å². The zero-order chi connectivity index (χ0) is 19.5. The summed E-state index contributed by atoms with van der Waals surface area (Å²) in [5.74, 6) is 0.908. The van der Waals surface area contributed by atoms with Gasteiger partial charge in [0, 0.05) is 19.3 Å². The molecule has 4 rings (SSSR count). The summed E-state index contributed by atoms with van der Waals surface area (Å²) < 4.78 is 1.71. The van der Waals surface area contributed by atoms with Crippen molar-refractivity contribution in [2.45, 2.75) is 19.8 Å². The minimum atomic E-state index is -0.172. The second-order valence-electron chi connectivity index (χ2n) is 6.86. The Bertz CT molecular complexity index is 955. The number of tetrazole rings is 1. The minimum absolute atomic E-state index is 0.0612. The van der Waals surface area contributed by atoms with Gasteiger partial charge in [-0.05, 0) is 54.5 Å². The lowest BCUT2D eigenvalue weighted by atomic mass is 9.97. The summed E-state index contributed by atoms with van der Waals surface area (Å²) in [5, 5.41) is 15.6. The Labute approximate surface area is 167 Å². The van der Waals surface area contributed by atoms with E-state index in [1.165, 1.54) is 11.8 Å². The van der Waals surface area contributed by atoms with Crippen molar-refractivity contribution in [2.75, 3.05) is 23.3 Å². The maximum atomic E-state index is 12.7. The van der Waals surface area contributed by atoms with E-state index in [-0.39, 0.29) is 11.8 Å². The Balaban J connectivity index is 1.48. The van der Waals surface area contributed by atoms with Crippen LogP contribution in [0.5, 0.6) is 0 Å². The molecule has 8 nitrogen and oxygen atoms in total. The van der Waals surface area contributed by atoms with E-state index < -0.39 is 0 Å². The second-order valence-corrected chi connectivity index (χ2v) is 7.30. The molecule has 0 radical (unpaired) electrons. The van der Waals surface area contributed by atoms with Crippen LogP contribution in [-0.2, 0) is 4.79 Å². The number of hydrogen-bond donors (Lipinski definition) is 1. The van der Waals surface area contributed by atoms with Crippen LogP contribution in [0.25, 0.3) is 5.69 Å². The molecule has 1 N–H and O–H groups in total. The normalized spacial score (nSPS) is 16.8. The van der Waals surface area contributed by atoms with Crippen LogP contribution < -0.4 is 10.2 Å². The fourth-order valence-corrected chi connectivity index (χ4v) is 3.40. The number of hydrogen-bond acceptors (Lipinski definition) is 6. The van der Waals surface area contributed by atoms with Crippen molar-refractivity contribution < 1.29 is 4.79 Å². The van der Waals surface area contributed by atoms with Crippen molar-refractivity contribution in [2.24, 2.45) is 5.92 Å². The van der Waals surface area contributed by atoms with Gasteiger partial charge in [-0.2, -0.15) is 4.68 Å². The molecule has 1 unspecified atom stereocenters. The molecule has 3 aromatic rings. The SMILES string of the molecule is Cc1ccc(-n2nnnc2N2CCCC(C(=O)Nc3ccc(Cl)cn3)C2)cc1. The van der Waals surface area contributed by atoms with E-state index in [4.69, 9.17) is 11.6 Å². The highest BCUT2D eigenvalue weighted by molar-refractivity contribution is 6.30. The van der Waals surface area contributed by atoms with E-state index in [9.17, 15) is 4.79 Å². The molecule has 0 spiro atoms. The predicted octanol–water partition coefficient (Wildman–Crippen LogP) is 2.87. The van der Waals surface area contributed by atoms with Crippen molar-refractivity contribution in [1.29, 1.82) is 0 Å². The number of benzene rings is 1. The Morgan fingerprint density at radius 3 is 2.79 bits per heavy atom. The number of aromatic nitrogens is 5. The van der Waals surface area contributed by atoms with Gasteiger partial charge in [0.1, 0.15) is 5.82 Å². The molecule has 28 heavy (non-hydrogen) atoms. The molecule has 0 bridgehead atoms. The first kappa shape index (κ1) is 18.4. The quantitative estimate of drug-likeness (QED) is 0.728. The molecule has 2 aromatic heterocycles. The topological polar surface area (TPSA) is 88.8 Å². The largest absolute Gasteiger partial charge is 0.339 e. The molecular formula is C19H20ClN7O. The number of aryl methyl sites for hydroxylation is 1. The third-order valence-corrected chi connectivity index (χ3v) is 5.01. The third-order valence-electron chi connectivity index (χ3n) is 4.79. The maximum absolute atomic E-state index is 12.7. The molecule has 1 amide bonds. The van der Waals surface area contributed by atoms with Gasteiger partial charge < -0.3 is 10.2 Å². The number of halogens is 1. The number of nitrogens with zero attached hydrogens (tertiary/aromatic N) is 6. The fourth-order valence-electron chi connectivity index (χ4n) is 3.28. The summed E-state index contributed by atoms with van der Waals surface area (Å²) in [7, 11) is 0. The summed E-state index contributed by atoms with van der Waals surface area (Å²) >= 11 is 5.84. The lowest BCUT2D eigenvalue weighted by Gasteiger charge is -2.32. The Kier molecular flexibility index (Phi) is 5.21. The van der Waals surface area contributed by atoms with Crippen molar-refractivity contribution >= 4 is 29.3 Å². The number of carbonyl (C=O) groups is 1. The molecule has 1 fully saturated rings. The minimum Gasteiger partial charge on any atom is -0.339 e. The number of anilines is 2. The summed E-state index contributed by atoms with van der Waals surface area (Å²) in [6, 6.07) is 11.4. The number of nitrogens with one attached hydrogen (secondary N) is 1. The Morgan fingerprint density at radius 1 is 1.21 bits per heavy atom. The number of rotatable bonds is 4. The molecule has 3 heterocycles. The highest BCUT2D eigenvalue weighted by Gasteiger charge is 2.29. The summed E-state index contributed by atoms with van der Waals surface area (Å²) in [4.78, 5) is 18.9. The Hall–Kier alpha value is -3.00. The van der Waals surface area contributed by atoms with Gasteiger partial charge >= 0.3 is 0 Å². The smallest absolute Gasteiger partial charge is 0.250 e. The zero-order valence-electron chi connectivity index (χ0n) is 15.4. The number of amides is 1. The monoisotopic (exact) mass is 397 g/mol. The van der Waals surface area contributed by atoms with Crippen LogP contribution in [0.2, 0.25) is 5.02 Å². The summed E-state index contributed by atoms with van der Waals surface area (Å²) in [6.45, 7) is 3.38. The molecule has 0 saturated carbocycles. The van der Waals surface area contributed by atoms with Crippen molar-refractivity contribution in [3.8, 4) is 5.69 Å². The van der Waals surface area contributed by atoms with Crippen LogP contribution in [0.4, 0.5) is 11.8 Å². The molecule has 1 saturated heterocycles. The second kappa shape index (κ2) is 7.93. The molecule has 1 aliphatic rings. The highest BCUT2D eigenvalue weighted by atomic mass is 35.5. The van der Waals surface area contributed by atoms with Crippen LogP contribution in [0.15, 0.2) is 42.6 Å². The fraction of sp³-hybridized carbons (Fsp3) is 0.316. The first-order valence-corrected chi connectivity index (χ1v) is 9.51.